The number of nitrogens with one attached hydrogen (secondary N) is 1. The van der Waals surface area contributed by atoms with Gasteiger partial charge in [0.15, 0.2) is 0 Å². The molecule has 4 nitrogen and oxygen atoms in total. The van der Waals surface area contributed by atoms with E-state index < -0.39 is 0 Å². The second-order valence-electron chi connectivity index (χ2n) is 5.41. The molecule has 1 amide bonds. The maximum Gasteiger partial charge on any atom is 0.224 e. The molecule has 1 aliphatic rings. The lowest BCUT2D eigenvalue weighted by Gasteiger charge is -2.28. The number of hydrogen-bond donors (Lipinski definition) is 2. The second-order valence-corrected chi connectivity index (χ2v) is 5.41. The van der Waals surface area contributed by atoms with Crippen molar-refractivity contribution >= 4 is 11.6 Å². The van der Waals surface area contributed by atoms with E-state index in [0.29, 0.717) is 12.8 Å². The van der Waals surface area contributed by atoms with Crippen LogP contribution in [0.5, 0.6) is 5.75 Å². The van der Waals surface area contributed by atoms with Crippen LogP contribution in [0.2, 0.25) is 0 Å². The topological polar surface area (TPSA) is 58.6 Å². The number of hydrogen-bond acceptors (Lipinski definition) is 3. The zero-order chi connectivity index (χ0) is 15.1. The molecule has 1 saturated carbocycles. The predicted octanol–water partition coefficient (Wildman–Crippen LogP) is 3.27. The number of allylic oxidation sites excluding steroid dienone is 1. The first-order chi connectivity index (χ1) is 10.2. The summed E-state index contributed by atoms with van der Waals surface area (Å²) in [6.07, 6.45) is 6.21. The Kier molecular flexibility index (Phi) is 5.81. The molecule has 1 aromatic rings. The Morgan fingerprint density at radius 3 is 2.71 bits per heavy atom. The van der Waals surface area contributed by atoms with Gasteiger partial charge in [0, 0.05) is 12.1 Å². The lowest BCUT2D eigenvalue weighted by atomic mass is 9.95. The fourth-order valence-electron chi connectivity index (χ4n) is 2.46. The van der Waals surface area contributed by atoms with Crippen LogP contribution in [0.1, 0.15) is 38.5 Å². The summed E-state index contributed by atoms with van der Waals surface area (Å²) in [4.78, 5) is 11.6. The summed E-state index contributed by atoms with van der Waals surface area (Å²) >= 11 is 0. The quantitative estimate of drug-likeness (QED) is 0.790. The summed E-state index contributed by atoms with van der Waals surface area (Å²) in [5, 5.41) is 12.7. The molecule has 114 valence electrons. The minimum atomic E-state index is -0.378. The van der Waals surface area contributed by atoms with Gasteiger partial charge in [-0.25, -0.2) is 0 Å². The van der Waals surface area contributed by atoms with E-state index >= 15 is 0 Å². The maximum absolute atomic E-state index is 11.6. The van der Waals surface area contributed by atoms with Gasteiger partial charge < -0.3 is 15.2 Å². The van der Waals surface area contributed by atoms with Crippen molar-refractivity contribution in [1.29, 1.82) is 0 Å². The highest BCUT2D eigenvalue weighted by Gasteiger charge is 2.24. The van der Waals surface area contributed by atoms with Crippen LogP contribution in [0, 0.1) is 0 Å². The van der Waals surface area contributed by atoms with Crippen LogP contribution in [0.15, 0.2) is 36.9 Å². The van der Waals surface area contributed by atoms with E-state index in [9.17, 15) is 9.90 Å². The molecule has 21 heavy (non-hydrogen) atoms. The Bertz CT molecular complexity index is 469. The van der Waals surface area contributed by atoms with Crippen molar-refractivity contribution in [2.75, 3.05) is 5.32 Å². The molecule has 0 radical (unpaired) electrons. The van der Waals surface area contributed by atoms with Crippen LogP contribution in [-0.4, -0.2) is 23.2 Å². The molecule has 1 aromatic carbocycles. The lowest BCUT2D eigenvalue weighted by Crippen LogP contribution is -2.34. The van der Waals surface area contributed by atoms with E-state index in [0.717, 1.165) is 37.1 Å². The molecule has 1 fully saturated rings. The van der Waals surface area contributed by atoms with Crippen LogP contribution < -0.4 is 10.1 Å². The molecular formula is C17H23NO3. The smallest absolute Gasteiger partial charge is 0.224 e. The molecule has 4 heteroatoms. The number of carbonyl (C=O) groups is 1. The van der Waals surface area contributed by atoms with Crippen molar-refractivity contribution in [3.8, 4) is 5.75 Å². The number of benzene rings is 1. The van der Waals surface area contributed by atoms with Gasteiger partial charge in [-0.2, -0.15) is 0 Å². The normalized spacial score (nSPS) is 21.6. The van der Waals surface area contributed by atoms with E-state index in [1.807, 2.05) is 24.3 Å². The van der Waals surface area contributed by atoms with Crippen LogP contribution >= 0.6 is 0 Å². The third-order valence-electron chi connectivity index (χ3n) is 3.67. The summed E-state index contributed by atoms with van der Waals surface area (Å²) in [6, 6.07) is 7.28. The van der Waals surface area contributed by atoms with Crippen molar-refractivity contribution in [1.82, 2.24) is 0 Å². The molecule has 2 rings (SSSR count). The first-order valence-electron chi connectivity index (χ1n) is 7.54. The van der Waals surface area contributed by atoms with Crippen molar-refractivity contribution < 1.29 is 14.6 Å². The Balaban J connectivity index is 1.86. The molecule has 0 aromatic heterocycles. The van der Waals surface area contributed by atoms with Crippen molar-refractivity contribution in [3.05, 3.63) is 36.9 Å². The molecule has 0 spiro atoms. The predicted molar refractivity (Wildman–Crippen MR) is 83.4 cm³/mol. The molecule has 2 unspecified atom stereocenters. The van der Waals surface area contributed by atoms with Crippen LogP contribution in [-0.2, 0) is 4.79 Å². The zero-order valence-corrected chi connectivity index (χ0v) is 12.3. The number of ether oxygens (including phenoxy) is 1. The summed E-state index contributed by atoms with van der Waals surface area (Å²) in [6.45, 7) is 3.60. The van der Waals surface area contributed by atoms with Gasteiger partial charge in [-0.3, -0.25) is 4.79 Å². The number of anilines is 1. The molecule has 0 aliphatic heterocycles. The summed E-state index contributed by atoms with van der Waals surface area (Å²) < 4.78 is 5.82. The summed E-state index contributed by atoms with van der Waals surface area (Å²) in [5.41, 5.74) is 0.751. The van der Waals surface area contributed by atoms with Gasteiger partial charge >= 0.3 is 0 Å². The number of rotatable bonds is 6. The molecule has 0 saturated heterocycles. The maximum atomic E-state index is 11.6. The number of aliphatic hydroxyl groups excluding tert-OH is 1. The standard InChI is InChI=1S/C17H23NO3/c1-2-3-8-17(20)18-13-9-11-14(12-10-13)21-16-7-5-4-6-15(16)19/h2,9-12,15-16,19H,1,3-8H2,(H,18,20). The van der Waals surface area contributed by atoms with Gasteiger partial charge in [0.05, 0.1) is 6.10 Å². The highest BCUT2D eigenvalue weighted by Crippen LogP contribution is 2.24. The second kappa shape index (κ2) is 7.84. The van der Waals surface area contributed by atoms with Gasteiger partial charge in [0.25, 0.3) is 0 Å². The van der Waals surface area contributed by atoms with Crippen LogP contribution in [0.4, 0.5) is 5.69 Å². The number of aliphatic hydroxyl groups is 1. The first kappa shape index (κ1) is 15.6. The van der Waals surface area contributed by atoms with Crippen LogP contribution in [0.25, 0.3) is 0 Å². The highest BCUT2D eigenvalue weighted by molar-refractivity contribution is 5.90. The van der Waals surface area contributed by atoms with Crippen molar-refractivity contribution in [2.45, 2.75) is 50.7 Å². The van der Waals surface area contributed by atoms with Crippen molar-refractivity contribution in [2.24, 2.45) is 0 Å². The largest absolute Gasteiger partial charge is 0.488 e. The van der Waals surface area contributed by atoms with Crippen LogP contribution in [0.3, 0.4) is 0 Å². The zero-order valence-electron chi connectivity index (χ0n) is 12.3. The van der Waals surface area contributed by atoms with Gasteiger partial charge in [0.2, 0.25) is 5.91 Å². The molecule has 2 atom stereocenters. The summed E-state index contributed by atoms with van der Waals surface area (Å²) in [5.74, 6) is 0.705. The summed E-state index contributed by atoms with van der Waals surface area (Å²) in [7, 11) is 0. The van der Waals surface area contributed by atoms with Crippen molar-refractivity contribution in [3.63, 3.8) is 0 Å². The third-order valence-corrected chi connectivity index (χ3v) is 3.67. The average molecular weight is 289 g/mol. The Morgan fingerprint density at radius 1 is 1.33 bits per heavy atom. The SMILES string of the molecule is C=CCCC(=O)Nc1ccc(OC2CCCCC2O)cc1. The molecule has 2 N–H and O–H groups in total. The Morgan fingerprint density at radius 2 is 2.05 bits per heavy atom. The third kappa shape index (κ3) is 4.90. The van der Waals surface area contributed by atoms with E-state index in [1.165, 1.54) is 0 Å². The fourth-order valence-corrected chi connectivity index (χ4v) is 2.46. The highest BCUT2D eigenvalue weighted by atomic mass is 16.5. The van der Waals surface area contributed by atoms with Gasteiger partial charge in [-0.05, 0) is 49.9 Å². The minimum Gasteiger partial charge on any atom is -0.488 e. The number of carbonyl (C=O) groups excluding carboxylic acids is 1. The lowest BCUT2D eigenvalue weighted by molar-refractivity contribution is -0.116. The number of amides is 1. The fraction of sp³-hybridized carbons (Fsp3) is 0.471. The molecular weight excluding hydrogens is 266 g/mol. The Hall–Kier alpha value is -1.81. The molecule has 1 aliphatic carbocycles. The van der Waals surface area contributed by atoms with Gasteiger partial charge in [-0.1, -0.05) is 12.5 Å². The monoisotopic (exact) mass is 289 g/mol. The van der Waals surface area contributed by atoms with E-state index in [-0.39, 0.29) is 18.1 Å². The van der Waals surface area contributed by atoms with E-state index in [1.54, 1.807) is 6.08 Å². The van der Waals surface area contributed by atoms with Gasteiger partial charge in [-0.15, -0.1) is 6.58 Å². The minimum absolute atomic E-state index is 0.0220. The Labute approximate surface area is 125 Å². The molecule has 0 bridgehead atoms. The van der Waals surface area contributed by atoms with E-state index in [4.69, 9.17) is 4.74 Å². The molecule has 0 heterocycles. The first-order valence-corrected chi connectivity index (χ1v) is 7.54. The van der Waals surface area contributed by atoms with E-state index in [2.05, 4.69) is 11.9 Å². The average Bonchev–Trinajstić information content (AvgIpc) is 2.49. The van der Waals surface area contributed by atoms with Gasteiger partial charge in [0.1, 0.15) is 11.9 Å².